The zero-order valence-electron chi connectivity index (χ0n) is 1.66. The van der Waals surface area contributed by atoms with Crippen molar-refractivity contribution in [2.75, 3.05) is 0 Å². The molecule has 0 spiro atoms. The Bertz CT molecular complexity index is 6.00. The van der Waals surface area contributed by atoms with Crippen LogP contribution in [0.3, 0.4) is 0 Å². The maximum absolute atomic E-state index is 3.26. The van der Waals surface area contributed by atoms with Gasteiger partial charge >= 0.3 is 43.4 Å². The van der Waals surface area contributed by atoms with E-state index in [-0.39, 0.29) is 31.8 Å². The van der Waals surface area contributed by atoms with Gasteiger partial charge in [0.2, 0.25) is 0 Å². The third kappa shape index (κ3) is 8.90. The molecule has 0 aromatic carbocycles. The van der Waals surface area contributed by atoms with Crippen molar-refractivity contribution in [2.45, 2.75) is 0 Å². The van der Waals surface area contributed by atoms with Gasteiger partial charge in [-0.05, 0) is 0 Å². The summed E-state index contributed by atoms with van der Waals surface area (Å²) in [6, 6.07) is 0. The standard InChI is InChI=1S/2BrH.ClH.Pb/h3*1H;/q;;;+2/p-2. The van der Waals surface area contributed by atoms with Crippen LogP contribution in [0.5, 0.6) is 0 Å². The molecule has 0 nitrogen and oxygen atoms in total. The summed E-state index contributed by atoms with van der Waals surface area (Å²) in [6.07, 6.45) is 0. The van der Waals surface area contributed by atoms with Gasteiger partial charge in [-0.2, -0.15) is 0 Å². The zero-order chi connectivity index (χ0) is 2.71. The van der Waals surface area contributed by atoms with Crippen LogP contribution in [0.25, 0.3) is 0 Å². The van der Waals surface area contributed by atoms with Crippen LogP contribution in [0, 0.1) is 0 Å². The van der Waals surface area contributed by atoms with Crippen molar-refractivity contribution >= 4 is 55.8 Å². The van der Waals surface area contributed by atoms with Crippen LogP contribution >= 0.6 is 36.4 Å². The van der Waals surface area contributed by atoms with Crippen LogP contribution < -0.4 is 0 Å². The molecule has 0 aromatic rings. The van der Waals surface area contributed by atoms with E-state index >= 15 is 0 Å². The molecule has 2 radical (unpaired) electrons. The van der Waals surface area contributed by atoms with Gasteiger partial charge in [0.05, 0.1) is 0 Å². The van der Waals surface area contributed by atoms with E-state index in [1.807, 2.05) is 0 Å². The second-order valence-electron chi connectivity index (χ2n) is 0.0714. The van der Waals surface area contributed by atoms with Crippen LogP contribution in [0.4, 0.5) is 0 Å². The van der Waals surface area contributed by atoms with Gasteiger partial charge in [0, 0.05) is 0 Å². The van der Waals surface area contributed by atoms with E-state index in [1.165, 1.54) is 0 Å². The van der Waals surface area contributed by atoms with E-state index in [9.17, 15) is 0 Å². The molecule has 0 N–H and O–H groups in total. The first-order valence-corrected chi connectivity index (χ1v) is 17.2. The van der Waals surface area contributed by atoms with Crippen molar-refractivity contribution in [2.24, 2.45) is 0 Å². The molecule has 4 heavy (non-hydrogen) atoms. The van der Waals surface area contributed by atoms with E-state index in [1.54, 1.807) is 0 Å². The van der Waals surface area contributed by atoms with Crippen LogP contribution in [0.1, 0.15) is 0 Å². The van der Waals surface area contributed by atoms with Crippen molar-refractivity contribution in [3.63, 3.8) is 0 Å². The van der Waals surface area contributed by atoms with Gasteiger partial charge < -0.3 is 0 Å². The molecule has 0 aliphatic heterocycles. The molecule has 0 bridgehead atoms. The molecule has 0 unspecified atom stereocenters. The average molecular weight is 403 g/mol. The molecule has 0 aliphatic carbocycles. The van der Waals surface area contributed by atoms with E-state index in [2.05, 4.69) is 24.0 Å². The second-order valence-corrected chi connectivity index (χ2v) is 16.9. The Hall–Kier alpha value is 2.17. The van der Waals surface area contributed by atoms with Crippen LogP contribution in [-0.2, 0) is 0 Å². The van der Waals surface area contributed by atoms with Gasteiger partial charge in [0.1, 0.15) is 0 Å². The van der Waals surface area contributed by atoms with Gasteiger partial charge in [-0.3, -0.25) is 0 Å². The Morgan fingerprint density at radius 1 is 1.25 bits per heavy atom. The number of rotatable bonds is 0. The summed E-state index contributed by atoms with van der Waals surface area (Å²) in [7, 11) is 0. The van der Waals surface area contributed by atoms with Crippen molar-refractivity contribution < 1.29 is 0 Å². The predicted molar refractivity (Wildman–Crippen MR) is 30.9 cm³/mol. The fourth-order valence-electron chi connectivity index (χ4n) is 0. The Labute approximate surface area is 55.0 Å². The fraction of sp³-hybridized carbons (Fsp3) is 0. The first-order chi connectivity index (χ1) is 1.41. The summed E-state index contributed by atoms with van der Waals surface area (Å²) in [4.78, 5) is 0. The molecule has 0 saturated carbocycles. The summed E-state index contributed by atoms with van der Waals surface area (Å²) in [5.74, 6) is 0. The molecular formula is HBr2ClPb. The van der Waals surface area contributed by atoms with Gasteiger partial charge in [-0.15, -0.1) is 12.4 Å². The molecule has 0 rings (SSSR count). The van der Waals surface area contributed by atoms with Crippen LogP contribution in [-0.4, -0.2) is 19.4 Å². The summed E-state index contributed by atoms with van der Waals surface area (Å²) < 4.78 is 0. The van der Waals surface area contributed by atoms with Gasteiger partial charge in [0.25, 0.3) is 0 Å². The van der Waals surface area contributed by atoms with Crippen molar-refractivity contribution in [1.29, 1.82) is 0 Å². The Kier molecular flexibility index (Phi) is 21.2. The third-order valence-corrected chi connectivity index (χ3v) is 0. The first-order valence-electron chi connectivity index (χ1n) is 0.378. The molecule has 0 heterocycles. The van der Waals surface area contributed by atoms with Crippen molar-refractivity contribution in [1.82, 2.24) is 0 Å². The molecular weight excluding hydrogens is 402 g/mol. The third-order valence-electron chi connectivity index (χ3n) is 0. The van der Waals surface area contributed by atoms with Crippen molar-refractivity contribution in [3.05, 3.63) is 0 Å². The van der Waals surface area contributed by atoms with Crippen LogP contribution in [0.2, 0.25) is 0 Å². The normalized spacial score (nSPS) is 4.50. The zero-order valence-corrected chi connectivity index (χ0v) is 9.54. The molecule has 4 heteroatoms. The topological polar surface area (TPSA) is 0 Å². The molecule has 0 fully saturated rings. The summed E-state index contributed by atoms with van der Waals surface area (Å²) in [5.41, 5.74) is 0. The first kappa shape index (κ1) is 9.49. The number of hydrogen-bond donors (Lipinski definition) is 0. The fourth-order valence-corrected chi connectivity index (χ4v) is 0. The average Bonchev–Trinajstić information content (AvgIpc) is 0.918. The number of halogens is 3. The summed E-state index contributed by atoms with van der Waals surface area (Å²) in [6.45, 7) is 0. The quantitative estimate of drug-likeness (QED) is 0.541. The molecule has 0 saturated heterocycles. The van der Waals surface area contributed by atoms with E-state index < -0.39 is 0 Å². The van der Waals surface area contributed by atoms with Crippen molar-refractivity contribution in [3.8, 4) is 0 Å². The summed E-state index contributed by atoms with van der Waals surface area (Å²) in [5, 5.41) is 0. The van der Waals surface area contributed by atoms with Gasteiger partial charge in [0.15, 0.2) is 0 Å². The predicted octanol–water partition coefficient (Wildman–Crippen LogP) is 1.73. The monoisotopic (exact) mass is 402 g/mol. The minimum atomic E-state index is -0.292. The summed E-state index contributed by atoms with van der Waals surface area (Å²) >= 11 is 6.22. The molecule has 0 aliphatic rings. The SMILES string of the molecule is Cl.[Br][Pb][Br]. The molecule has 0 atom stereocenters. The minimum absolute atomic E-state index is 0. The molecule has 0 amide bonds. The Morgan fingerprint density at radius 2 is 1.25 bits per heavy atom. The Balaban J connectivity index is 0. The van der Waals surface area contributed by atoms with E-state index in [0.29, 0.717) is 0 Å². The number of hydrogen-bond acceptors (Lipinski definition) is 0. The maximum atomic E-state index is 3.26. The van der Waals surface area contributed by atoms with Gasteiger partial charge in [-0.25, -0.2) is 0 Å². The van der Waals surface area contributed by atoms with E-state index in [0.717, 1.165) is 0 Å². The Morgan fingerprint density at radius 3 is 1.25 bits per heavy atom. The molecule has 0 aromatic heterocycles. The van der Waals surface area contributed by atoms with E-state index in [4.69, 9.17) is 0 Å². The molecule has 26 valence electrons. The van der Waals surface area contributed by atoms with Gasteiger partial charge in [-0.1, -0.05) is 0 Å². The second kappa shape index (κ2) is 8.95. The van der Waals surface area contributed by atoms with Crippen LogP contribution in [0.15, 0.2) is 0 Å².